The number of carbonyl (C=O) groups excluding carboxylic acids is 1. The van der Waals surface area contributed by atoms with Crippen molar-refractivity contribution in [2.45, 2.75) is 25.9 Å². The number of benzene rings is 3. The largest absolute Gasteiger partial charge is 0.508 e. The Morgan fingerprint density at radius 2 is 1.62 bits per heavy atom. The zero-order valence-corrected chi connectivity index (χ0v) is 17.8. The van der Waals surface area contributed by atoms with Gasteiger partial charge in [-0.15, -0.1) is 0 Å². The topological polar surface area (TPSA) is 59.4 Å². The van der Waals surface area contributed by atoms with Gasteiger partial charge in [-0.05, 0) is 46.9 Å². The smallest absolute Gasteiger partial charge is 0.137 e. The zero-order chi connectivity index (χ0) is 22.2. The molecule has 0 aliphatic carbocycles. The van der Waals surface area contributed by atoms with Crippen molar-refractivity contribution in [3.8, 4) is 22.6 Å². The summed E-state index contributed by atoms with van der Waals surface area (Å²) in [5.74, 6) is 1.01. The minimum atomic E-state index is 0.167. The van der Waals surface area contributed by atoms with E-state index in [4.69, 9.17) is 4.74 Å². The first-order valence-electron chi connectivity index (χ1n) is 10.7. The number of Topliss-reactive ketones (excluding diaryl/α,β-unsaturated/α-hetero) is 1. The van der Waals surface area contributed by atoms with E-state index in [1.807, 2.05) is 72.8 Å². The van der Waals surface area contributed by atoms with Crippen LogP contribution >= 0.6 is 0 Å². The molecular weight excluding hydrogens is 398 g/mol. The molecule has 0 amide bonds. The van der Waals surface area contributed by atoms with Gasteiger partial charge in [0.1, 0.15) is 23.9 Å². The minimum Gasteiger partial charge on any atom is -0.508 e. The number of ketones is 1. The predicted octanol–water partition coefficient (Wildman–Crippen LogP) is 5.78. The maximum absolute atomic E-state index is 12.3. The van der Waals surface area contributed by atoms with Crippen LogP contribution < -0.4 is 4.74 Å². The van der Waals surface area contributed by atoms with Crippen LogP contribution in [0, 0.1) is 0 Å². The molecular formula is C28H25NO3. The molecule has 0 radical (unpaired) electrons. The highest BCUT2D eigenvalue weighted by Gasteiger charge is 2.09. The highest BCUT2D eigenvalue weighted by molar-refractivity contribution is 5.81. The molecule has 32 heavy (non-hydrogen) atoms. The van der Waals surface area contributed by atoms with E-state index in [-0.39, 0.29) is 11.5 Å². The van der Waals surface area contributed by atoms with Crippen LogP contribution in [0.3, 0.4) is 0 Å². The number of phenols is 1. The fraction of sp³-hybridized carbons (Fsp3) is 0.143. The van der Waals surface area contributed by atoms with Crippen LogP contribution in [0.5, 0.6) is 11.5 Å². The molecule has 0 bridgehead atoms. The molecule has 4 aromatic rings. The van der Waals surface area contributed by atoms with Crippen LogP contribution in [-0.2, 0) is 24.2 Å². The molecule has 4 heteroatoms. The number of rotatable bonds is 9. The van der Waals surface area contributed by atoms with E-state index in [9.17, 15) is 9.90 Å². The lowest BCUT2D eigenvalue weighted by molar-refractivity contribution is -0.118. The van der Waals surface area contributed by atoms with Crippen molar-refractivity contribution >= 4 is 5.78 Å². The van der Waals surface area contributed by atoms with E-state index in [0.29, 0.717) is 31.6 Å². The van der Waals surface area contributed by atoms with E-state index < -0.39 is 0 Å². The highest BCUT2D eigenvalue weighted by Crippen LogP contribution is 2.33. The molecule has 0 spiro atoms. The van der Waals surface area contributed by atoms with Crippen molar-refractivity contribution in [2.24, 2.45) is 0 Å². The number of pyridine rings is 1. The Morgan fingerprint density at radius 3 is 2.38 bits per heavy atom. The second-order valence-corrected chi connectivity index (χ2v) is 7.73. The third-order valence-corrected chi connectivity index (χ3v) is 5.28. The Labute approximate surface area is 188 Å². The summed E-state index contributed by atoms with van der Waals surface area (Å²) in [6.07, 6.45) is 5.19. The Bertz CT molecular complexity index is 1160. The average molecular weight is 424 g/mol. The monoisotopic (exact) mass is 423 g/mol. The van der Waals surface area contributed by atoms with E-state index in [1.54, 1.807) is 24.5 Å². The van der Waals surface area contributed by atoms with Gasteiger partial charge >= 0.3 is 0 Å². The lowest BCUT2D eigenvalue weighted by Gasteiger charge is -2.13. The van der Waals surface area contributed by atoms with Crippen LogP contribution in [0.15, 0.2) is 97.3 Å². The molecule has 0 atom stereocenters. The fourth-order valence-corrected chi connectivity index (χ4v) is 3.55. The number of aryl methyl sites for hydroxylation is 1. The van der Waals surface area contributed by atoms with Gasteiger partial charge in [0.05, 0.1) is 0 Å². The van der Waals surface area contributed by atoms with Crippen molar-refractivity contribution in [1.82, 2.24) is 4.98 Å². The number of nitrogens with zero attached hydrogens (tertiary/aromatic N) is 1. The minimum absolute atomic E-state index is 0.167. The van der Waals surface area contributed by atoms with E-state index in [1.165, 1.54) is 0 Å². The van der Waals surface area contributed by atoms with Gasteiger partial charge in [0.15, 0.2) is 0 Å². The molecule has 0 aliphatic rings. The van der Waals surface area contributed by atoms with Gasteiger partial charge in [0.2, 0.25) is 0 Å². The SMILES string of the molecule is O=C(CCc1cccnc1)Cc1ccc(COc2cc(O)ccc2-c2ccccc2)cc1. The van der Waals surface area contributed by atoms with Gasteiger partial charge in [-0.2, -0.15) is 0 Å². The second-order valence-electron chi connectivity index (χ2n) is 7.73. The van der Waals surface area contributed by atoms with Gasteiger partial charge in [-0.3, -0.25) is 9.78 Å². The first-order valence-corrected chi connectivity index (χ1v) is 10.7. The molecule has 0 fully saturated rings. The summed E-state index contributed by atoms with van der Waals surface area (Å²) >= 11 is 0. The first kappa shape index (κ1) is 21.3. The van der Waals surface area contributed by atoms with Crippen LogP contribution in [-0.4, -0.2) is 15.9 Å². The van der Waals surface area contributed by atoms with Crippen molar-refractivity contribution in [3.05, 3.63) is 114 Å². The first-order chi connectivity index (χ1) is 15.7. The quantitative estimate of drug-likeness (QED) is 0.371. The number of carbonyl (C=O) groups is 1. The van der Waals surface area contributed by atoms with Gasteiger partial charge in [-0.25, -0.2) is 0 Å². The van der Waals surface area contributed by atoms with Crippen LogP contribution in [0.25, 0.3) is 11.1 Å². The predicted molar refractivity (Wildman–Crippen MR) is 126 cm³/mol. The molecule has 0 saturated heterocycles. The summed E-state index contributed by atoms with van der Waals surface area (Å²) in [6, 6.07) is 26.9. The number of ether oxygens (including phenoxy) is 1. The van der Waals surface area contributed by atoms with Crippen molar-refractivity contribution in [2.75, 3.05) is 0 Å². The van der Waals surface area contributed by atoms with Gasteiger partial charge in [0.25, 0.3) is 0 Å². The summed E-state index contributed by atoms with van der Waals surface area (Å²) in [4.78, 5) is 16.4. The highest BCUT2D eigenvalue weighted by atomic mass is 16.5. The molecule has 1 aromatic heterocycles. The zero-order valence-electron chi connectivity index (χ0n) is 17.8. The lowest BCUT2D eigenvalue weighted by atomic mass is 10.0. The molecule has 4 rings (SSSR count). The third-order valence-electron chi connectivity index (χ3n) is 5.28. The number of phenolic OH excluding ortho intramolecular Hbond substituents is 1. The van der Waals surface area contributed by atoms with E-state index in [0.717, 1.165) is 27.8 Å². The molecule has 1 heterocycles. The molecule has 160 valence electrons. The van der Waals surface area contributed by atoms with Crippen molar-refractivity contribution in [1.29, 1.82) is 0 Å². The van der Waals surface area contributed by atoms with Gasteiger partial charge in [-0.1, -0.05) is 60.7 Å². The molecule has 4 nitrogen and oxygen atoms in total. The molecule has 0 aliphatic heterocycles. The number of hydrogen-bond donors (Lipinski definition) is 1. The van der Waals surface area contributed by atoms with Crippen LogP contribution in [0.4, 0.5) is 0 Å². The van der Waals surface area contributed by atoms with Crippen LogP contribution in [0.2, 0.25) is 0 Å². The summed E-state index contributed by atoms with van der Waals surface area (Å²) in [5, 5.41) is 9.90. The third kappa shape index (κ3) is 5.82. The van der Waals surface area contributed by atoms with Crippen molar-refractivity contribution < 1.29 is 14.6 Å². The van der Waals surface area contributed by atoms with Gasteiger partial charge < -0.3 is 9.84 Å². The Hall–Kier alpha value is -3.92. The Kier molecular flexibility index (Phi) is 6.93. The summed E-state index contributed by atoms with van der Waals surface area (Å²) < 4.78 is 6.03. The standard InChI is InChI=1S/C28H25NO3/c30-25(13-12-22-5-4-16-29-19-22)17-21-8-10-23(11-9-21)20-32-28-18-26(31)14-15-27(28)24-6-2-1-3-7-24/h1-11,14-16,18-19,31H,12-13,17,20H2. The molecule has 0 unspecified atom stereocenters. The Morgan fingerprint density at radius 1 is 0.844 bits per heavy atom. The second kappa shape index (κ2) is 10.4. The average Bonchev–Trinajstić information content (AvgIpc) is 2.84. The lowest BCUT2D eigenvalue weighted by Crippen LogP contribution is -2.05. The molecule has 1 N–H and O–H groups in total. The number of aromatic hydroxyl groups is 1. The summed E-state index contributed by atoms with van der Waals surface area (Å²) in [7, 11) is 0. The van der Waals surface area contributed by atoms with Gasteiger partial charge in [0, 0.05) is 36.9 Å². The van der Waals surface area contributed by atoms with E-state index in [2.05, 4.69) is 4.98 Å². The molecule has 3 aromatic carbocycles. The summed E-state index contributed by atoms with van der Waals surface area (Å²) in [5.41, 5.74) is 5.03. The fourth-order valence-electron chi connectivity index (χ4n) is 3.55. The maximum atomic E-state index is 12.3. The summed E-state index contributed by atoms with van der Waals surface area (Å²) in [6.45, 7) is 0.374. The van der Waals surface area contributed by atoms with Crippen molar-refractivity contribution in [3.63, 3.8) is 0 Å². The maximum Gasteiger partial charge on any atom is 0.137 e. The number of aromatic nitrogens is 1. The Balaban J connectivity index is 1.34. The van der Waals surface area contributed by atoms with E-state index >= 15 is 0 Å². The molecule has 0 saturated carbocycles. The normalized spacial score (nSPS) is 10.6. The number of hydrogen-bond acceptors (Lipinski definition) is 4. The van der Waals surface area contributed by atoms with Crippen LogP contribution in [0.1, 0.15) is 23.1 Å².